The molecule has 2 aromatic rings. The van der Waals surface area contributed by atoms with E-state index in [1.54, 1.807) is 0 Å². The van der Waals surface area contributed by atoms with Gasteiger partial charge in [-0.15, -0.1) is 0 Å². The van der Waals surface area contributed by atoms with Crippen LogP contribution < -0.4 is 0 Å². The number of aromatic nitrogens is 2. The van der Waals surface area contributed by atoms with Crippen molar-refractivity contribution < 1.29 is 5.11 Å². The lowest BCUT2D eigenvalue weighted by molar-refractivity contribution is 0.263. The van der Waals surface area contributed by atoms with Crippen molar-refractivity contribution in [1.82, 2.24) is 9.78 Å². The Morgan fingerprint density at radius 3 is 2.45 bits per heavy atom. The van der Waals surface area contributed by atoms with Crippen molar-refractivity contribution in [3.8, 4) is 0 Å². The Balaban J connectivity index is 2.26. The SMILES string of the molecule is CCc1nn(C)c(CC(CO)c2ccc(C)cc2)c1Br. The van der Waals surface area contributed by atoms with Crippen LogP contribution in [-0.4, -0.2) is 21.5 Å². The average molecular weight is 337 g/mol. The molecule has 1 heterocycles. The normalized spacial score (nSPS) is 12.7. The number of aryl methyl sites for hydroxylation is 3. The number of nitrogens with zero attached hydrogens (tertiary/aromatic N) is 2. The first-order chi connectivity index (χ1) is 9.56. The molecule has 0 bridgehead atoms. The van der Waals surface area contributed by atoms with Crippen molar-refractivity contribution in [3.63, 3.8) is 0 Å². The van der Waals surface area contributed by atoms with Gasteiger partial charge in [-0.3, -0.25) is 4.68 Å². The van der Waals surface area contributed by atoms with Crippen molar-refractivity contribution in [2.75, 3.05) is 6.61 Å². The van der Waals surface area contributed by atoms with Crippen LogP contribution in [0.3, 0.4) is 0 Å². The molecule has 108 valence electrons. The molecule has 0 aliphatic rings. The second kappa shape index (κ2) is 6.55. The number of aliphatic hydroxyl groups is 1. The summed E-state index contributed by atoms with van der Waals surface area (Å²) in [6, 6.07) is 8.38. The maximum atomic E-state index is 9.71. The zero-order valence-electron chi connectivity index (χ0n) is 12.2. The summed E-state index contributed by atoms with van der Waals surface area (Å²) >= 11 is 3.64. The third-order valence-corrected chi connectivity index (χ3v) is 4.63. The minimum atomic E-state index is 0.104. The van der Waals surface area contributed by atoms with E-state index in [1.165, 1.54) is 11.1 Å². The first-order valence-corrected chi connectivity index (χ1v) is 7.73. The maximum Gasteiger partial charge on any atom is 0.0766 e. The second-order valence-corrected chi connectivity index (χ2v) is 5.97. The summed E-state index contributed by atoms with van der Waals surface area (Å²) in [4.78, 5) is 0. The van der Waals surface area contributed by atoms with Crippen molar-refractivity contribution in [1.29, 1.82) is 0 Å². The zero-order valence-corrected chi connectivity index (χ0v) is 13.8. The summed E-state index contributed by atoms with van der Waals surface area (Å²) in [5.74, 6) is 0.104. The monoisotopic (exact) mass is 336 g/mol. The molecule has 0 saturated carbocycles. The fourth-order valence-corrected chi connectivity index (χ4v) is 3.18. The molecule has 0 aliphatic carbocycles. The van der Waals surface area contributed by atoms with E-state index in [9.17, 15) is 5.11 Å². The predicted octanol–water partition coefficient (Wildman–Crippen LogP) is 3.37. The minimum Gasteiger partial charge on any atom is -0.396 e. The molecule has 0 aliphatic heterocycles. The summed E-state index contributed by atoms with van der Waals surface area (Å²) in [6.07, 6.45) is 1.69. The molecule has 0 fully saturated rings. The lowest BCUT2D eigenvalue weighted by Gasteiger charge is -2.15. The lowest BCUT2D eigenvalue weighted by atomic mass is 9.94. The van der Waals surface area contributed by atoms with Crippen LogP contribution >= 0.6 is 15.9 Å². The van der Waals surface area contributed by atoms with Crippen LogP contribution in [0.15, 0.2) is 28.7 Å². The summed E-state index contributed by atoms with van der Waals surface area (Å²) in [7, 11) is 1.96. The van der Waals surface area contributed by atoms with Crippen LogP contribution in [0, 0.1) is 6.92 Å². The summed E-state index contributed by atoms with van der Waals surface area (Å²) < 4.78 is 2.99. The number of hydrogen-bond acceptors (Lipinski definition) is 2. The number of rotatable bonds is 5. The standard InChI is InChI=1S/C16H21BrN2O/c1-4-14-16(17)15(19(3)18-14)9-13(10-20)12-7-5-11(2)6-8-12/h5-8,13,20H,4,9-10H2,1-3H3. The fourth-order valence-electron chi connectivity index (χ4n) is 2.40. The van der Waals surface area contributed by atoms with Gasteiger partial charge in [-0.1, -0.05) is 36.8 Å². The topological polar surface area (TPSA) is 38.0 Å². The Morgan fingerprint density at radius 1 is 1.30 bits per heavy atom. The molecule has 0 spiro atoms. The Labute approximate surface area is 128 Å². The Morgan fingerprint density at radius 2 is 1.95 bits per heavy atom. The maximum absolute atomic E-state index is 9.71. The number of halogens is 1. The highest BCUT2D eigenvalue weighted by atomic mass is 79.9. The second-order valence-electron chi connectivity index (χ2n) is 5.18. The van der Waals surface area contributed by atoms with Crippen LogP contribution in [0.4, 0.5) is 0 Å². The first kappa shape index (κ1) is 15.3. The van der Waals surface area contributed by atoms with Crippen molar-refractivity contribution >= 4 is 15.9 Å². The van der Waals surface area contributed by atoms with Gasteiger partial charge in [0, 0.05) is 13.0 Å². The van der Waals surface area contributed by atoms with E-state index in [0.717, 1.165) is 28.7 Å². The summed E-state index contributed by atoms with van der Waals surface area (Å²) in [6.45, 7) is 4.31. The third-order valence-electron chi connectivity index (χ3n) is 3.71. The Bertz CT molecular complexity index is 575. The van der Waals surface area contributed by atoms with Gasteiger partial charge in [0.2, 0.25) is 0 Å². The molecule has 4 heteroatoms. The van der Waals surface area contributed by atoms with Crippen LogP contribution in [0.25, 0.3) is 0 Å². The first-order valence-electron chi connectivity index (χ1n) is 6.94. The van der Waals surface area contributed by atoms with E-state index in [4.69, 9.17) is 0 Å². The highest BCUT2D eigenvalue weighted by molar-refractivity contribution is 9.10. The van der Waals surface area contributed by atoms with E-state index >= 15 is 0 Å². The predicted molar refractivity (Wildman–Crippen MR) is 85.0 cm³/mol. The number of aliphatic hydroxyl groups excluding tert-OH is 1. The van der Waals surface area contributed by atoms with E-state index in [-0.39, 0.29) is 12.5 Å². The molecule has 1 atom stereocenters. The molecule has 0 radical (unpaired) electrons. The molecule has 1 N–H and O–H groups in total. The molecule has 2 rings (SSSR count). The van der Waals surface area contributed by atoms with Gasteiger partial charge in [0.05, 0.1) is 22.5 Å². The number of hydrogen-bond donors (Lipinski definition) is 1. The van der Waals surface area contributed by atoms with Gasteiger partial charge < -0.3 is 5.11 Å². The van der Waals surface area contributed by atoms with E-state index in [0.29, 0.717) is 0 Å². The highest BCUT2D eigenvalue weighted by Crippen LogP contribution is 2.28. The van der Waals surface area contributed by atoms with E-state index < -0.39 is 0 Å². The molecule has 1 unspecified atom stereocenters. The molecular formula is C16H21BrN2O. The highest BCUT2D eigenvalue weighted by Gasteiger charge is 2.18. The van der Waals surface area contributed by atoms with Gasteiger partial charge in [-0.25, -0.2) is 0 Å². The molecule has 3 nitrogen and oxygen atoms in total. The van der Waals surface area contributed by atoms with Crippen molar-refractivity contribution in [3.05, 3.63) is 51.3 Å². The lowest BCUT2D eigenvalue weighted by Crippen LogP contribution is -2.11. The van der Waals surface area contributed by atoms with Gasteiger partial charge in [-0.05, 0) is 41.3 Å². The smallest absolute Gasteiger partial charge is 0.0766 e. The minimum absolute atomic E-state index is 0.104. The summed E-state index contributed by atoms with van der Waals surface area (Å²) in [5.41, 5.74) is 4.62. The van der Waals surface area contributed by atoms with Crippen LogP contribution in [0.1, 0.15) is 35.4 Å². The van der Waals surface area contributed by atoms with Crippen molar-refractivity contribution in [2.24, 2.45) is 7.05 Å². The van der Waals surface area contributed by atoms with Gasteiger partial charge in [-0.2, -0.15) is 5.10 Å². The van der Waals surface area contributed by atoms with Gasteiger partial charge >= 0.3 is 0 Å². The van der Waals surface area contributed by atoms with Crippen LogP contribution in [0.5, 0.6) is 0 Å². The quantitative estimate of drug-likeness (QED) is 0.908. The molecule has 1 aromatic heterocycles. The van der Waals surface area contributed by atoms with Crippen LogP contribution in [0.2, 0.25) is 0 Å². The number of benzene rings is 1. The molecule has 0 saturated heterocycles. The fraction of sp³-hybridized carbons (Fsp3) is 0.438. The van der Waals surface area contributed by atoms with E-state index in [2.05, 4.69) is 59.1 Å². The van der Waals surface area contributed by atoms with Gasteiger partial charge in [0.15, 0.2) is 0 Å². The van der Waals surface area contributed by atoms with Crippen molar-refractivity contribution in [2.45, 2.75) is 32.6 Å². The largest absolute Gasteiger partial charge is 0.396 e. The van der Waals surface area contributed by atoms with Gasteiger partial charge in [0.25, 0.3) is 0 Å². The third kappa shape index (κ3) is 3.13. The molecule has 0 amide bonds. The van der Waals surface area contributed by atoms with Crippen LogP contribution in [-0.2, 0) is 19.9 Å². The summed E-state index contributed by atoms with van der Waals surface area (Å²) in [5, 5.41) is 14.2. The Kier molecular flexibility index (Phi) is 5.00. The molecule has 1 aromatic carbocycles. The Hall–Kier alpha value is -1.13. The molecule has 20 heavy (non-hydrogen) atoms. The average Bonchev–Trinajstić information content (AvgIpc) is 2.72. The molecular weight excluding hydrogens is 316 g/mol. The zero-order chi connectivity index (χ0) is 14.7. The van der Waals surface area contributed by atoms with Gasteiger partial charge in [0.1, 0.15) is 0 Å². The van der Waals surface area contributed by atoms with E-state index in [1.807, 2.05) is 11.7 Å².